The van der Waals surface area contributed by atoms with Crippen LogP contribution >= 0.6 is 0 Å². The summed E-state index contributed by atoms with van der Waals surface area (Å²) in [5.74, 6) is 0.182. The molecule has 2 aliphatic heterocycles. The minimum atomic E-state index is 0.0329. The molecule has 1 aromatic carbocycles. The summed E-state index contributed by atoms with van der Waals surface area (Å²) in [4.78, 5) is 11.8. The van der Waals surface area contributed by atoms with Crippen LogP contribution in [0.2, 0.25) is 0 Å². The summed E-state index contributed by atoms with van der Waals surface area (Å²) in [6.07, 6.45) is 3.71. The molecule has 18 heavy (non-hydrogen) atoms. The summed E-state index contributed by atoms with van der Waals surface area (Å²) < 4.78 is 5.63. The molecule has 0 saturated carbocycles. The molecule has 1 amide bonds. The molecule has 0 bridgehead atoms. The Morgan fingerprint density at radius 3 is 2.89 bits per heavy atom. The van der Waals surface area contributed by atoms with Crippen LogP contribution in [0.4, 0.5) is 0 Å². The molecule has 1 N–H and O–H groups in total. The van der Waals surface area contributed by atoms with E-state index in [0.717, 1.165) is 32.5 Å². The monoisotopic (exact) mass is 245 g/mol. The van der Waals surface area contributed by atoms with E-state index in [0.29, 0.717) is 6.42 Å². The number of carbonyl (C=O) groups excluding carboxylic acids is 1. The van der Waals surface area contributed by atoms with Gasteiger partial charge in [0, 0.05) is 24.5 Å². The molecule has 3 nitrogen and oxygen atoms in total. The van der Waals surface area contributed by atoms with Crippen LogP contribution in [-0.4, -0.2) is 25.2 Å². The molecule has 3 heteroatoms. The van der Waals surface area contributed by atoms with Crippen molar-refractivity contribution in [3.8, 4) is 0 Å². The Hall–Kier alpha value is -1.35. The number of rotatable bonds is 2. The smallest absolute Gasteiger partial charge is 0.220 e. The lowest BCUT2D eigenvalue weighted by molar-refractivity contribution is -0.120. The first-order chi connectivity index (χ1) is 8.78. The Morgan fingerprint density at radius 2 is 2.17 bits per heavy atom. The topological polar surface area (TPSA) is 38.3 Å². The van der Waals surface area contributed by atoms with Crippen LogP contribution in [0.15, 0.2) is 30.3 Å². The van der Waals surface area contributed by atoms with Gasteiger partial charge in [-0.15, -0.1) is 0 Å². The molecule has 2 heterocycles. The minimum Gasteiger partial charge on any atom is -0.381 e. The van der Waals surface area contributed by atoms with Gasteiger partial charge in [-0.1, -0.05) is 30.3 Å². The molecule has 2 unspecified atom stereocenters. The van der Waals surface area contributed by atoms with Crippen LogP contribution in [0, 0.1) is 5.41 Å². The maximum atomic E-state index is 11.8. The van der Waals surface area contributed by atoms with Crippen molar-refractivity contribution in [1.29, 1.82) is 0 Å². The van der Waals surface area contributed by atoms with Crippen molar-refractivity contribution >= 4 is 5.91 Å². The van der Waals surface area contributed by atoms with E-state index >= 15 is 0 Å². The molecule has 2 atom stereocenters. The van der Waals surface area contributed by atoms with E-state index in [4.69, 9.17) is 4.74 Å². The highest BCUT2D eigenvalue weighted by atomic mass is 16.5. The number of benzene rings is 1. The van der Waals surface area contributed by atoms with Gasteiger partial charge in [0.1, 0.15) is 0 Å². The first kappa shape index (κ1) is 11.7. The first-order valence-corrected chi connectivity index (χ1v) is 6.70. The Bertz CT molecular complexity index is 423. The Labute approximate surface area is 108 Å². The fourth-order valence-corrected chi connectivity index (χ4v) is 3.25. The fourth-order valence-electron chi connectivity index (χ4n) is 3.25. The number of nitrogens with one attached hydrogen (secondary N) is 1. The molecule has 0 radical (unpaired) electrons. The number of hydrogen-bond donors (Lipinski definition) is 1. The van der Waals surface area contributed by atoms with Crippen LogP contribution in [0.3, 0.4) is 0 Å². The van der Waals surface area contributed by atoms with Crippen molar-refractivity contribution in [2.75, 3.05) is 13.2 Å². The third-order valence-corrected chi connectivity index (χ3v) is 4.22. The predicted octanol–water partition coefficient (Wildman–Crippen LogP) is 1.91. The van der Waals surface area contributed by atoms with E-state index in [2.05, 4.69) is 29.6 Å². The lowest BCUT2D eigenvalue weighted by atomic mass is 9.74. The van der Waals surface area contributed by atoms with E-state index in [1.165, 1.54) is 5.56 Å². The van der Waals surface area contributed by atoms with Crippen molar-refractivity contribution in [1.82, 2.24) is 5.32 Å². The standard InChI is InChI=1S/C15H19NO2/c17-14-10-15(7-4-8-18-11-15)13(16-14)9-12-5-2-1-3-6-12/h1-3,5-6,13H,4,7-11H2,(H,16,17). The van der Waals surface area contributed by atoms with E-state index in [1.807, 2.05) is 6.07 Å². The lowest BCUT2D eigenvalue weighted by Crippen LogP contribution is -2.44. The van der Waals surface area contributed by atoms with Gasteiger partial charge in [-0.3, -0.25) is 4.79 Å². The summed E-state index contributed by atoms with van der Waals surface area (Å²) in [7, 11) is 0. The normalized spacial score (nSPS) is 31.6. The number of amides is 1. The van der Waals surface area contributed by atoms with Gasteiger partial charge in [0.25, 0.3) is 0 Å². The SMILES string of the molecule is O=C1CC2(CCCOC2)C(Cc2ccccc2)N1. The minimum absolute atomic E-state index is 0.0329. The Kier molecular flexibility index (Phi) is 3.08. The Balaban J connectivity index is 1.79. The molecule has 1 spiro atoms. The van der Waals surface area contributed by atoms with Crippen molar-refractivity contribution < 1.29 is 9.53 Å². The molecule has 1 aromatic rings. The molecule has 2 aliphatic rings. The van der Waals surface area contributed by atoms with Crippen LogP contribution in [-0.2, 0) is 16.0 Å². The van der Waals surface area contributed by atoms with Gasteiger partial charge < -0.3 is 10.1 Å². The zero-order valence-corrected chi connectivity index (χ0v) is 10.5. The zero-order chi connectivity index (χ0) is 12.4. The second kappa shape index (κ2) is 4.73. The van der Waals surface area contributed by atoms with Gasteiger partial charge in [0.15, 0.2) is 0 Å². The highest BCUT2D eigenvalue weighted by Gasteiger charge is 2.47. The largest absolute Gasteiger partial charge is 0.381 e. The van der Waals surface area contributed by atoms with Gasteiger partial charge in [0.05, 0.1) is 6.61 Å². The van der Waals surface area contributed by atoms with Crippen LogP contribution in [0.1, 0.15) is 24.8 Å². The number of hydrogen-bond acceptors (Lipinski definition) is 2. The molecule has 0 aliphatic carbocycles. The van der Waals surface area contributed by atoms with E-state index < -0.39 is 0 Å². The average Bonchev–Trinajstić information content (AvgIpc) is 2.67. The van der Waals surface area contributed by atoms with E-state index in [9.17, 15) is 4.79 Å². The van der Waals surface area contributed by atoms with Crippen molar-refractivity contribution in [3.05, 3.63) is 35.9 Å². The van der Waals surface area contributed by atoms with E-state index in [-0.39, 0.29) is 17.4 Å². The average molecular weight is 245 g/mol. The summed E-state index contributed by atoms with van der Waals surface area (Å²) in [5, 5.41) is 3.14. The molecular formula is C15H19NO2. The first-order valence-electron chi connectivity index (χ1n) is 6.70. The quantitative estimate of drug-likeness (QED) is 0.864. The highest BCUT2D eigenvalue weighted by Crippen LogP contribution is 2.40. The van der Waals surface area contributed by atoms with Crippen LogP contribution < -0.4 is 5.32 Å². The highest BCUT2D eigenvalue weighted by molar-refractivity contribution is 5.80. The van der Waals surface area contributed by atoms with E-state index in [1.54, 1.807) is 0 Å². The van der Waals surface area contributed by atoms with Gasteiger partial charge in [-0.05, 0) is 24.8 Å². The summed E-state index contributed by atoms with van der Waals surface area (Å²) in [6, 6.07) is 10.6. The molecular weight excluding hydrogens is 226 g/mol. The lowest BCUT2D eigenvalue weighted by Gasteiger charge is -2.37. The predicted molar refractivity (Wildman–Crippen MR) is 69.2 cm³/mol. The number of ether oxygens (including phenoxy) is 1. The van der Waals surface area contributed by atoms with Gasteiger partial charge in [-0.25, -0.2) is 0 Å². The molecule has 2 saturated heterocycles. The summed E-state index contributed by atoms with van der Waals surface area (Å²) in [5.41, 5.74) is 1.32. The molecule has 96 valence electrons. The maximum absolute atomic E-state index is 11.8. The van der Waals surface area contributed by atoms with Crippen molar-refractivity contribution in [2.24, 2.45) is 5.41 Å². The molecule has 2 fully saturated rings. The van der Waals surface area contributed by atoms with Crippen molar-refractivity contribution in [2.45, 2.75) is 31.7 Å². The van der Waals surface area contributed by atoms with Crippen LogP contribution in [0.25, 0.3) is 0 Å². The second-order valence-electron chi connectivity index (χ2n) is 5.51. The third kappa shape index (κ3) is 2.15. The van der Waals surface area contributed by atoms with Crippen LogP contribution in [0.5, 0.6) is 0 Å². The molecule has 0 aromatic heterocycles. The fraction of sp³-hybridized carbons (Fsp3) is 0.533. The van der Waals surface area contributed by atoms with Gasteiger partial charge in [-0.2, -0.15) is 0 Å². The second-order valence-corrected chi connectivity index (χ2v) is 5.51. The zero-order valence-electron chi connectivity index (χ0n) is 10.5. The maximum Gasteiger partial charge on any atom is 0.220 e. The Morgan fingerprint density at radius 1 is 1.33 bits per heavy atom. The summed E-state index contributed by atoms with van der Waals surface area (Å²) >= 11 is 0. The van der Waals surface area contributed by atoms with Crippen molar-refractivity contribution in [3.63, 3.8) is 0 Å². The molecule has 3 rings (SSSR count). The summed E-state index contributed by atoms with van der Waals surface area (Å²) in [6.45, 7) is 1.57. The van der Waals surface area contributed by atoms with Gasteiger partial charge in [0.2, 0.25) is 5.91 Å². The van der Waals surface area contributed by atoms with Gasteiger partial charge >= 0.3 is 0 Å². The number of carbonyl (C=O) groups is 1. The third-order valence-electron chi connectivity index (χ3n) is 4.22.